The highest BCUT2D eigenvalue weighted by molar-refractivity contribution is 5.89. The Kier molecular flexibility index (Phi) is 4.96. The van der Waals surface area contributed by atoms with Crippen LogP contribution in [0.1, 0.15) is 25.8 Å². The lowest BCUT2D eigenvalue weighted by Gasteiger charge is -2.21. The number of rotatable bonds is 6. The lowest BCUT2D eigenvalue weighted by molar-refractivity contribution is -0.121. The van der Waals surface area contributed by atoms with Crippen LogP contribution in [0.5, 0.6) is 0 Å². The highest BCUT2D eigenvalue weighted by atomic mass is 19.1. The van der Waals surface area contributed by atoms with E-state index in [-0.39, 0.29) is 36.7 Å². The Balaban J connectivity index is 2.09. The number of aromatic nitrogens is 1. The molecule has 21 heavy (non-hydrogen) atoms. The number of aliphatic hydroxyl groups is 1. The molecule has 1 atom stereocenters. The van der Waals surface area contributed by atoms with Gasteiger partial charge in [-0.05, 0) is 36.1 Å². The molecule has 0 bridgehead atoms. The van der Waals surface area contributed by atoms with Crippen molar-refractivity contribution in [1.29, 1.82) is 0 Å². The summed E-state index contributed by atoms with van der Waals surface area (Å²) in [6, 6.07) is 4.43. The zero-order chi connectivity index (χ0) is 15.4. The van der Waals surface area contributed by atoms with Gasteiger partial charge in [0.2, 0.25) is 5.91 Å². The molecule has 1 unspecified atom stereocenters. The van der Waals surface area contributed by atoms with Crippen LogP contribution in [0.25, 0.3) is 10.9 Å². The fraction of sp³-hybridized carbons (Fsp3) is 0.438. The van der Waals surface area contributed by atoms with Crippen molar-refractivity contribution >= 4 is 16.8 Å². The van der Waals surface area contributed by atoms with E-state index >= 15 is 0 Å². The Morgan fingerprint density at radius 1 is 1.43 bits per heavy atom. The van der Waals surface area contributed by atoms with Crippen LogP contribution in [-0.4, -0.2) is 28.6 Å². The van der Waals surface area contributed by atoms with Gasteiger partial charge in [0.05, 0.1) is 6.42 Å². The molecule has 1 aromatic heterocycles. The molecule has 0 spiro atoms. The molecule has 2 rings (SSSR count). The average Bonchev–Trinajstić information content (AvgIpc) is 2.80. The maximum Gasteiger partial charge on any atom is 0.224 e. The Hall–Kier alpha value is -1.88. The van der Waals surface area contributed by atoms with Gasteiger partial charge in [-0.25, -0.2) is 4.39 Å². The van der Waals surface area contributed by atoms with Gasteiger partial charge in [0.25, 0.3) is 0 Å². The van der Waals surface area contributed by atoms with E-state index in [0.29, 0.717) is 6.42 Å². The Labute approximate surface area is 123 Å². The van der Waals surface area contributed by atoms with Crippen LogP contribution < -0.4 is 5.32 Å². The molecule has 0 fully saturated rings. The third kappa shape index (κ3) is 3.82. The van der Waals surface area contributed by atoms with Crippen molar-refractivity contribution in [2.24, 2.45) is 5.92 Å². The first-order valence-corrected chi connectivity index (χ1v) is 7.17. The van der Waals surface area contributed by atoms with E-state index < -0.39 is 0 Å². The molecule has 0 saturated heterocycles. The second-order valence-corrected chi connectivity index (χ2v) is 5.61. The van der Waals surface area contributed by atoms with Crippen LogP contribution in [0, 0.1) is 11.7 Å². The normalized spacial score (nSPS) is 12.8. The minimum absolute atomic E-state index is 0.0431. The molecule has 1 aromatic carbocycles. The van der Waals surface area contributed by atoms with Gasteiger partial charge >= 0.3 is 0 Å². The summed E-state index contributed by atoms with van der Waals surface area (Å²) >= 11 is 0. The van der Waals surface area contributed by atoms with Gasteiger partial charge in [-0.15, -0.1) is 0 Å². The monoisotopic (exact) mass is 292 g/mol. The van der Waals surface area contributed by atoms with E-state index in [1.165, 1.54) is 12.1 Å². The first-order chi connectivity index (χ1) is 10.0. The van der Waals surface area contributed by atoms with Crippen molar-refractivity contribution in [1.82, 2.24) is 10.3 Å². The molecular weight excluding hydrogens is 271 g/mol. The summed E-state index contributed by atoms with van der Waals surface area (Å²) in [5.74, 6) is -0.182. The highest BCUT2D eigenvalue weighted by Gasteiger charge is 2.17. The Bertz CT molecular complexity index is 622. The van der Waals surface area contributed by atoms with Gasteiger partial charge in [0.15, 0.2) is 0 Å². The summed E-state index contributed by atoms with van der Waals surface area (Å²) in [7, 11) is 0. The highest BCUT2D eigenvalue weighted by Crippen LogP contribution is 2.20. The molecule has 3 N–H and O–H groups in total. The zero-order valence-corrected chi connectivity index (χ0v) is 12.3. The van der Waals surface area contributed by atoms with Crippen LogP contribution in [0.15, 0.2) is 24.4 Å². The van der Waals surface area contributed by atoms with Crippen molar-refractivity contribution in [2.75, 3.05) is 6.61 Å². The first kappa shape index (κ1) is 15.5. The maximum absolute atomic E-state index is 13.3. The van der Waals surface area contributed by atoms with Gasteiger partial charge in [-0.1, -0.05) is 13.8 Å². The fourth-order valence-electron chi connectivity index (χ4n) is 2.44. The van der Waals surface area contributed by atoms with Crippen molar-refractivity contribution in [2.45, 2.75) is 32.7 Å². The smallest absolute Gasteiger partial charge is 0.224 e. The van der Waals surface area contributed by atoms with Crippen molar-refractivity contribution < 1.29 is 14.3 Å². The van der Waals surface area contributed by atoms with E-state index in [9.17, 15) is 9.18 Å². The number of fused-ring (bicyclic) bond motifs is 1. The molecule has 0 aliphatic rings. The van der Waals surface area contributed by atoms with E-state index in [0.717, 1.165) is 16.5 Å². The number of benzene rings is 1. The minimum Gasteiger partial charge on any atom is -0.396 e. The van der Waals surface area contributed by atoms with Crippen molar-refractivity contribution in [3.63, 3.8) is 0 Å². The molecular formula is C16H21FN2O2. The van der Waals surface area contributed by atoms with Crippen LogP contribution in [0.2, 0.25) is 0 Å². The number of halogens is 1. The lowest BCUT2D eigenvalue weighted by atomic mass is 10.0. The van der Waals surface area contributed by atoms with Gasteiger partial charge in [-0.2, -0.15) is 0 Å². The number of carbonyl (C=O) groups is 1. The van der Waals surface area contributed by atoms with E-state index in [1.54, 1.807) is 12.3 Å². The van der Waals surface area contributed by atoms with Crippen LogP contribution in [-0.2, 0) is 11.2 Å². The minimum atomic E-state index is -0.316. The molecule has 0 aliphatic heterocycles. The molecule has 1 amide bonds. The third-order valence-corrected chi connectivity index (χ3v) is 3.67. The maximum atomic E-state index is 13.3. The number of aliphatic hydroxyl groups excluding tert-OH is 1. The summed E-state index contributed by atoms with van der Waals surface area (Å²) in [6.07, 6.45) is 2.46. The predicted octanol–water partition coefficient (Wildman–Crippen LogP) is 2.37. The van der Waals surface area contributed by atoms with Crippen LogP contribution in [0.3, 0.4) is 0 Å². The molecule has 4 nitrogen and oxygen atoms in total. The summed E-state index contributed by atoms with van der Waals surface area (Å²) < 4.78 is 13.3. The molecule has 114 valence electrons. The van der Waals surface area contributed by atoms with Crippen LogP contribution >= 0.6 is 0 Å². The van der Waals surface area contributed by atoms with E-state index in [2.05, 4.69) is 10.3 Å². The lowest BCUT2D eigenvalue weighted by Crippen LogP contribution is -2.39. The summed E-state index contributed by atoms with van der Waals surface area (Å²) in [5, 5.41) is 12.7. The molecule has 0 radical (unpaired) electrons. The zero-order valence-electron chi connectivity index (χ0n) is 12.3. The van der Waals surface area contributed by atoms with Gasteiger partial charge in [0, 0.05) is 29.7 Å². The quantitative estimate of drug-likeness (QED) is 0.765. The Morgan fingerprint density at radius 3 is 2.86 bits per heavy atom. The molecule has 2 aromatic rings. The number of hydrogen-bond donors (Lipinski definition) is 3. The second-order valence-electron chi connectivity index (χ2n) is 5.61. The molecule has 5 heteroatoms. The summed E-state index contributed by atoms with van der Waals surface area (Å²) in [4.78, 5) is 15.2. The average molecular weight is 292 g/mol. The number of H-pyrrole nitrogens is 1. The number of carbonyl (C=O) groups excluding carboxylic acids is 1. The Morgan fingerprint density at radius 2 is 2.19 bits per heavy atom. The van der Waals surface area contributed by atoms with Crippen molar-refractivity contribution in [3.8, 4) is 0 Å². The van der Waals surface area contributed by atoms with Gasteiger partial charge in [0.1, 0.15) is 5.82 Å². The molecule has 1 heterocycles. The third-order valence-electron chi connectivity index (χ3n) is 3.67. The van der Waals surface area contributed by atoms with Crippen molar-refractivity contribution in [3.05, 3.63) is 35.8 Å². The molecule has 0 saturated carbocycles. The van der Waals surface area contributed by atoms with Gasteiger partial charge < -0.3 is 15.4 Å². The number of hydrogen-bond acceptors (Lipinski definition) is 2. The number of aromatic amines is 1. The van der Waals surface area contributed by atoms with Crippen LogP contribution in [0.4, 0.5) is 4.39 Å². The topological polar surface area (TPSA) is 65.1 Å². The largest absolute Gasteiger partial charge is 0.396 e. The molecule has 0 aliphatic carbocycles. The second kappa shape index (κ2) is 6.72. The summed E-state index contributed by atoms with van der Waals surface area (Å²) in [6.45, 7) is 4.05. The summed E-state index contributed by atoms with van der Waals surface area (Å²) in [5.41, 5.74) is 1.59. The SMILES string of the molecule is CC(C)C(CCO)NC(=O)Cc1c[nH]c2ccc(F)cc12. The predicted molar refractivity (Wildman–Crippen MR) is 80.4 cm³/mol. The standard InChI is InChI=1S/C16H21FN2O2/c1-10(2)14(5-6-20)19-16(21)7-11-9-18-15-4-3-12(17)8-13(11)15/h3-4,8-10,14,18,20H,5-7H2,1-2H3,(H,19,21). The van der Waals surface area contributed by atoms with E-state index in [4.69, 9.17) is 5.11 Å². The fourth-order valence-corrected chi connectivity index (χ4v) is 2.44. The number of amides is 1. The van der Waals surface area contributed by atoms with E-state index in [1.807, 2.05) is 13.8 Å². The van der Waals surface area contributed by atoms with Gasteiger partial charge in [-0.3, -0.25) is 4.79 Å². The first-order valence-electron chi connectivity index (χ1n) is 7.17. The number of nitrogens with one attached hydrogen (secondary N) is 2.